The number of nitrogens with zero attached hydrogens (tertiary/aromatic N) is 1. The van der Waals surface area contributed by atoms with Gasteiger partial charge in [0.25, 0.3) is 0 Å². The van der Waals surface area contributed by atoms with Crippen LogP contribution in [0.2, 0.25) is 0 Å². The Morgan fingerprint density at radius 3 is 2.29 bits per heavy atom. The average Bonchev–Trinajstić information content (AvgIpc) is 2.57. The Hall–Kier alpha value is -1.00. The summed E-state index contributed by atoms with van der Waals surface area (Å²) in [5, 5.41) is 9.21. The molecule has 72 valence electrons. The van der Waals surface area contributed by atoms with Crippen LogP contribution in [0, 0.1) is 16.7 Å². The van der Waals surface area contributed by atoms with E-state index in [4.69, 9.17) is 11.6 Å². The first-order valence-electron chi connectivity index (χ1n) is 4.84. The molecule has 0 saturated carbocycles. The number of nitriles is 1. The SMILES string of the molecule is N#CC1(CCCl)Cc2ccccc2C1. The molecular formula is C12H12ClN. The summed E-state index contributed by atoms with van der Waals surface area (Å²) in [6.45, 7) is 0. The second kappa shape index (κ2) is 3.63. The van der Waals surface area contributed by atoms with Crippen molar-refractivity contribution in [1.82, 2.24) is 0 Å². The highest BCUT2D eigenvalue weighted by molar-refractivity contribution is 6.17. The second-order valence-corrected chi connectivity index (χ2v) is 4.33. The minimum absolute atomic E-state index is 0.231. The third-order valence-electron chi connectivity index (χ3n) is 2.99. The van der Waals surface area contributed by atoms with Crippen LogP contribution < -0.4 is 0 Å². The summed E-state index contributed by atoms with van der Waals surface area (Å²) in [4.78, 5) is 0. The number of alkyl halides is 1. The molecule has 0 aliphatic heterocycles. The fourth-order valence-corrected chi connectivity index (χ4v) is 2.55. The first-order chi connectivity index (χ1) is 6.79. The second-order valence-electron chi connectivity index (χ2n) is 3.95. The molecule has 1 aromatic carbocycles. The van der Waals surface area contributed by atoms with E-state index in [9.17, 15) is 5.26 Å². The van der Waals surface area contributed by atoms with Gasteiger partial charge in [-0.05, 0) is 30.4 Å². The normalized spacial score (nSPS) is 17.4. The molecule has 0 atom stereocenters. The molecular weight excluding hydrogens is 194 g/mol. The van der Waals surface area contributed by atoms with Crippen molar-refractivity contribution in [3.8, 4) is 6.07 Å². The summed E-state index contributed by atoms with van der Waals surface area (Å²) in [5.74, 6) is 0.571. The zero-order chi connectivity index (χ0) is 10.0. The van der Waals surface area contributed by atoms with Crippen LogP contribution in [0.4, 0.5) is 0 Å². The molecule has 1 aromatic rings. The Morgan fingerprint density at radius 2 is 1.86 bits per heavy atom. The minimum Gasteiger partial charge on any atom is -0.198 e. The summed E-state index contributed by atoms with van der Waals surface area (Å²) < 4.78 is 0. The monoisotopic (exact) mass is 205 g/mol. The lowest BCUT2D eigenvalue weighted by Gasteiger charge is -2.17. The molecule has 0 N–H and O–H groups in total. The first kappa shape index (κ1) is 9.55. The molecule has 0 aromatic heterocycles. The van der Waals surface area contributed by atoms with Crippen molar-refractivity contribution in [3.05, 3.63) is 35.4 Å². The van der Waals surface area contributed by atoms with E-state index in [0.29, 0.717) is 5.88 Å². The van der Waals surface area contributed by atoms with E-state index in [-0.39, 0.29) is 5.41 Å². The number of fused-ring (bicyclic) bond motifs is 1. The van der Waals surface area contributed by atoms with Gasteiger partial charge in [-0.2, -0.15) is 5.26 Å². The van der Waals surface area contributed by atoms with Gasteiger partial charge in [-0.3, -0.25) is 0 Å². The van der Waals surface area contributed by atoms with Crippen molar-refractivity contribution >= 4 is 11.6 Å². The van der Waals surface area contributed by atoms with Crippen LogP contribution in [0.15, 0.2) is 24.3 Å². The van der Waals surface area contributed by atoms with Crippen molar-refractivity contribution < 1.29 is 0 Å². The van der Waals surface area contributed by atoms with Gasteiger partial charge in [-0.15, -0.1) is 11.6 Å². The Kier molecular flexibility index (Phi) is 2.48. The van der Waals surface area contributed by atoms with E-state index in [1.807, 2.05) is 12.1 Å². The Labute approximate surface area is 89.3 Å². The Balaban J connectivity index is 2.29. The zero-order valence-corrected chi connectivity index (χ0v) is 8.72. The maximum absolute atomic E-state index is 9.21. The molecule has 14 heavy (non-hydrogen) atoms. The number of hydrogen-bond acceptors (Lipinski definition) is 1. The average molecular weight is 206 g/mol. The number of benzene rings is 1. The number of hydrogen-bond donors (Lipinski definition) is 0. The molecule has 2 rings (SSSR count). The van der Waals surface area contributed by atoms with Gasteiger partial charge in [-0.1, -0.05) is 24.3 Å². The fourth-order valence-electron chi connectivity index (χ4n) is 2.19. The molecule has 0 saturated heterocycles. The topological polar surface area (TPSA) is 23.8 Å². The third-order valence-corrected chi connectivity index (χ3v) is 3.18. The van der Waals surface area contributed by atoms with Crippen LogP contribution in [0.1, 0.15) is 17.5 Å². The number of rotatable bonds is 2. The van der Waals surface area contributed by atoms with Crippen molar-refractivity contribution in [2.45, 2.75) is 19.3 Å². The first-order valence-corrected chi connectivity index (χ1v) is 5.37. The largest absolute Gasteiger partial charge is 0.198 e. The van der Waals surface area contributed by atoms with Crippen LogP contribution in [0.3, 0.4) is 0 Å². The molecule has 0 radical (unpaired) electrons. The van der Waals surface area contributed by atoms with E-state index in [2.05, 4.69) is 18.2 Å². The highest BCUT2D eigenvalue weighted by atomic mass is 35.5. The molecule has 0 bridgehead atoms. The smallest absolute Gasteiger partial charge is 0.0697 e. The Bertz CT molecular complexity index is 353. The van der Waals surface area contributed by atoms with E-state index in [1.165, 1.54) is 11.1 Å². The lowest BCUT2D eigenvalue weighted by atomic mass is 9.84. The van der Waals surface area contributed by atoms with Gasteiger partial charge in [0.15, 0.2) is 0 Å². The molecule has 1 aliphatic rings. The molecule has 1 nitrogen and oxygen atoms in total. The molecule has 0 heterocycles. The van der Waals surface area contributed by atoms with E-state index < -0.39 is 0 Å². The van der Waals surface area contributed by atoms with Crippen molar-refractivity contribution in [1.29, 1.82) is 5.26 Å². The predicted octanol–water partition coefficient (Wildman–Crippen LogP) is 2.92. The van der Waals surface area contributed by atoms with Gasteiger partial charge in [0.1, 0.15) is 0 Å². The molecule has 1 aliphatic carbocycles. The van der Waals surface area contributed by atoms with Gasteiger partial charge in [-0.25, -0.2) is 0 Å². The molecule has 0 fully saturated rings. The molecule has 2 heteroatoms. The van der Waals surface area contributed by atoms with Crippen molar-refractivity contribution in [3.63, 3.8) is 0 Å². The van der Waals surface area contributed by atoms with E-state index in [1.54, 1.807) is 0 Å². The molecule has 0 amide bonds. The number of halogens is 1. The minimum atomic E-state index is -0.231. The van der Waals surface area contributed by atoms with Gasteiger partial charge < -0.3 is 0 Å². The van der Waals surface area contributed by atoms with Gasteiger partial charge in [0.2, 0.25) is 0 Å². The summed E-state index contributed by atoms with van der Waals surface area (Å²) in [7, 11) is 0. The highest BCUT2D eigenvalue weighted by Gasteiger charge is 2.36. The lowest BCUT2D eigenvalue weighted by Crippen LogP contribution is -2.19. The zero-order valence-electron chi connectivity index (χ0n) is 7.96. The summed E-state index contributed by atoms with van der Waals surface area (Å²) in [5.41, 5.74) is 2.41. The Morgan fingerprint density at radius 1 is 1.29 bits per heavy atom. The van der Waals surface area contributed by atoms with Crippen LogP contribution in [-0.2, 0) is 12.8 Å². The lowest BCUT2D eigenvalue weighted by molar-refractivity contribution is 0.408. The third kappa shape index (κ3) is 1.51. The van der Waals surface area contributed by atoms with Crippen molar-refractivity contribution in [2.24, 2.45) is 5.41 Å². The maximum Gasteiger partial charge on any atom is 0.0697 e. The van der Waals surface area contributed by atoms with Crippen LogP contribution >= 0.6 is 11.6 Å². The van der Waals surface area contributed by atoms with E-state index >= 15 is 0 Å². The predicted molar refractivity (Wildman–Crippen MR) is 57.2 cm³/mol. The summed E-state index contributed by atoms with van der Waals surface area (Å²) in [6, 6.07) is 10.7. The summed E-state index contributed by atoms with van der Waals surface area (Å²) >= 11 is 5.74. The van der Waals surface area contributed by atoms with Gasteiger partial charge in [0.05, 0.1) is 11.5 Å². The maximum atomic E-state index is 9.21. The van der Waals surface area contributed by atoms with Crippen LogP contribution in [0.25, 0.3) is 0 Å². The van der Waals surface area contributed by atoms with Crippen molar-refractivity contribution in [2.75, 3.05) is 5.88 Å². The van der Waals surface area contributed by atoms with Crippen LogP contribution in [0.5, 0.6) is 0 Å². The van der Waals surface area contributed by atoms with E-state index in [0.717, 1.165) is 19.3 Å². The van der Waals surface area contributed by atoms with Gasteiger partial charge in [0, 0.05) is 5.88 Å². The fraction of sp³-hybridized carbons (Fsp3) is 0.417. The van der Waals surface area contributed by atoms with Gasteiger partial charge >= 0.3 is 0 Å². The highest BCUT2D eigenvalue weighted by Crippen LogP contribution is 2.39. The molecule has 0 spiro atoms. The quantitative estimate of drug-likeness (QED) is 0.682. The standard InChI is InChI=1S/C12H12ClN/c13-6-5-12(9-14)7-10-3-1-2-4-11(10)8-12/h1-4H,5-8H2. The molecule has 0 unspecified atom stereocenters. The summed E-state index contributed by atoms with van der Waals surface area (Å²) in [6.07, 6.45) is 2.53. The van der Waals surface area contributed by atoms with Crippen LogP contribution in [-0.4, -0.2) is 5.88 Å².